The highest BCUT2D eigenvalue weighted by atomic mass is 16.7. The first kappa shape index (κ1) is 12.8. The highest BCUT2D eigenvalue weighted by Gasteiger charge is 2.47. The maximum Gasteiger partial charge on any atom is 0.268 e. The van der Waals surface area contributed by atoms with Crippen LogP contribution in [0.15, 0.2) is 17.5 Å². The second kappa shape index (κ2) is 4.73. The lowest BCUT2D eigenvalue weighted by atomic mass is 9.96. The minimum atomic E-state index is -0.407. The van der Waals surface area contributed by atoms with E-state index in [1.807, 2.05) is 6.92 Å². The minimum absolute atomic E-state index is 0.174. The number of nitrogens with zero attached hydrogens (tertiary/aromatic N) is 4. The van der Waals surface area contributed by atoms with Crippen LogP contribution in [0.5, 0.6) is 0 Å². The molecular formula is C13H17N5O2. The summed E-state index contributed by atoms with van der Waals surface area (Å²) in [4.78, 5) is 27.9. The van der Waals surface area contributed by atoms with Crippen LogP contribution >= 0.6 is 0 Å². The second-order valence-electron chi connectivity index (χ2n) is 5.30. The van der Waals surface area contributed by atoms with Gasteiger partial charge in [0.25, 0.3) is 5.91 Å². The molecule has 0 unspecified atom stereocenters. The zero-order chi connectivity index (χ0) is 14.2. The normalized spacial score (nSPS) is 24.7. The largest absolute Gasteiger partial charge is 0.386 e. The van der Waals surface area contributed by atoms with Gasteiger partial charge < -0.3 is 15.1 Å². The van der Waals surface area contributed by atoms with Gasteiger partial charge in [-0.25, -0.2) is 9.97 Å². The molecule has 1 N–H and O–H groups in total. The number of aryl methyl sites for hydroxylation is 1. The van der Waals surface area contributed by atoms with Crippen molar-refractivity contribution in [3.63, 3.8) is 0 Å². The molecule has 7 nitrogen and oxygen atoms in total. The predicted octanol–water partition coefficient (Wildman–Crippen LogP) is 0.256. The molecule has 1 atom stereocenters. The summed E-state index contributed by atoms with van der Waals surface area (Å²) in [6, 6.07) is 0. The van der Waals surface area contributed by atoms with Crippen LogP contribution in [0.3, 0.4) is 0 Å². The van der Waals surface area contributed by atoms with E-state index in [9.17, 15) is 4.79 Å². The van der Waals surface area contributed by atoms with E-state index in [1.165, 1.54) is 0 Å². The van der Waals surface area contributed by atoms with Crippen molar-refractivity contribution < 1.29 is 9.63 Å². The smallest absolute Gasteiger partial charge is 0.268 e. The standard InChI is InChI=1S/C13H17N5O2/c1-9-6-15-12(16-7-9)18-4-3-13(8-18)5-10(17-20-13)11(19)14-2/h6-7H,3-5,8H2,1-2H3,(H,14,19)/t13-/m0/s1. The van der Waals surface area contributed by atoms with Crippen LogP contribution in [-0.2, 0) is 9.63 Å². The van der Waals surface area contributed by atoms with Gasteiger partial charge in [-0.3, -0.25) is 4.79 Å². The van der Waals surface area contributed by atoms with Crippen molar-refractivity contribution in [1.29, 1.82) is 0 Å². The summed E-state index contributed by atoms with van der Waals surface area (Å²) in [5.74, 6) is 0.524. The Morgan fingerprint density at radius 1 is 1.45 bits per heavy atom. The molecule has 20 heavy (non-hydrogen) atoms. The minimum Gasteiger partial charge on any atom is -0.386 e. The molecule has 7 heteroatoms. The molecule has 3 heterocycles. The highest BCUT2D eigenvalue weighted by molar-refractivity contribution is 6.39. The van der Waals surface area contributed by atoms with E-state index in [2.05, 4.69) is 25.3 Å². The van der Waals surface area contributed by atoms with Gasteiger partial charge in [-0.05, 0) is 12.5 Å². The van der Waals surface area contributed by atoms with Gasteiger partial charge in [0.05, 0.1) is 6.54 Å². The summed E-state index contributed by atoms with van der Waals surface area (Å²) in [7, 11) is 1.59. The Hall–Kier alpha value is -2.18. The van der Waals surface area contributed by atoms with Gasteiger partial charge in [0.15, 0.2) is 5.60 Å². The zero-order valence-corrected chi connectivity index (χ0v) is 11.6. The van der Waals surface area contributed by atoms with Gasteiger partial charge in [0.1, 0.15) is 5.71 Å². The quantitative estimate of drug-likeness (QED) is 0.837. The van der Waals surface area contributed by atoms with Gasteiger partial charge in [-0.2, -0.15) is 0 Å². The van der Waals surface area contributed by atoms with Crippen molar-refractivity contribution in [2.24, 2.45) is 5.16 Å². The Bertz CT molecular complexity index is 556. The first-order chi connectivity index (χ1) is 9.62. The lowest BCUT2D eigenvalue weighted by Gasteiger charge is -2.21. The van der Waals surface area contributed by atoms with Crippen LogP contribution in [0.25, 0.3) is 0 Å². The van der Waals surface area contributed by atoms with Crippen LogP contribution in [0.1, 0.15) is 18.4 Å². The Kier molecular flexibility index (Phi) is 3.04. The number of hydrogen-bond donors (Lipinski definition) is 1. The van der Waals surface area contributed by atoms with E-state index in [1.54, 1.807) is 19.4 Å². The molecule has 0 bridgehead atoms. The van der Waals surface area contributed by atoms with Gasteiger partial charge in [-0.15, -0.1) is 0 Å². The fourth-order valence-corrected chi connectivity index (χ4v) is 2.57. The molecule has 1 fully saturated rings. The van der Waals surface area contributed by atoms with E-state index in [4.69, 9.17) is 4.84 Å². The van der Waals surface area contributed by atoms with E-state index >= 15 is 0 Å². The number of aromatic nitrogens is 2. The number of rotatable bonds is 2. The number of hydrogen-bond acceptors (Lipinski definition) is 6. The fourth-order valence-electron chi connectivity index (χ4n) is 2.57. The summed E-state index contributed by atoms with van der Waals surface area (Å²) < 4.78 is 0. The molecule has 0 saturated carbocycles. The van der Waals surface area contributed by atoms with Gasteiger partial charge >= 0.3 is 0 Å². The molecule has 2 aliphatic rings. The Labute approximate surface area is 117 Å². The summed E-state index contributed by atoms with van der Waals surface area (Å²) in [6.45, 7) is 3.42. The summed E-state index contributed by atoms with van der Waals surface area (Å²) in [6.07, 6.45) is 4.95. The van der Waals surface area contributed by atoms with E-state index in [-0.39, 0.29) is 5.91 Å². The topological polar surface area (TPSA) is 79.7 Å². The van der Waals surface area contributed by atoms with Gasteiger partial charge in [0.2, 0.25) is 5.95 Å². The number of oxime groups is 1. The van der Waals surface area contributed by atoms with E-state index < -0.39 is 5.60 Å². The number of carbonyl (C=O) groups excluding carboxylic acids is 1. The lowest BCUT2D eigenvalue weighted by Crippen LogP contribution is -2.36. The summed E-state index contributed by atoms with van der Waals surface area (Å²) in [5.41, 5.74) is 1.08. The van der Waals surface area contributed by atoms with E-state index in [0.29, 0.717) is 24.6 Å². The van der Waals surface area contributed by atoms with Crippen LogP contribution < -0.4 is 10.2 Å². The van der Waals surface area contributed by atoms with Crippen molar-refractivity contribution >= 4 is 17.6 Å². The average Bonchev–Trinajstić information content (AvgIpc) is 3.07. The molecule has 1 amide bonds. The number of amides is 1. The van der Waals surface area contributed by atoms with Crippen molar-refractivity contribution in [2.75, 3.05) is 25.0 Å². The molecular weight excluding hydrogens is 258 g/mol. The third-order valence-corrected chi connectivity index (χ3v) is 3.69. The molecule has 0 aromatic carbocycles. The Morgan fingerprint density at radius 3 is 2.90 bits per heavy atom. The maximum atomic E-state index is 11.6. The average molecular weight is 275 g/mol. The Balaban J connectivity index is 1.69. The molecule has 2 aliphatic heterocycles. The van der Waals surface area contributed by atoms with Crippen molar-refractivity contribution in [3.05, 3.63) is 18.0 Å². The van der Waals surface area contributed by atoms with Crippen molar-refractivity contribution in [2.45, 2.75) is 25.4 Å². The van der Waals surface area contributed by atoms with Crippen molar-refractivity contribution in [3.8, 4) is 0 Å². The molecule has 1 saturated heterocycles. The van der Waals surface area contributed by atoms with Crippen LogP contribution in [0.4, 0.5) is 5.95 Å². The number of anilines is 1. The molecule has 0 aliphatic carbocycles. The Morgan fingerprint density at radius 2 is 2.20 bits per heavy atom. The SMILES string of the molecule is CNC(=O)C1=NO[C@@]2(CCN(c3ncc(C)cn3)C2)C1. The third-order valence-electron chi connectivity index (χ3n) is 3.69. The van der Waals surface area contributed by atoms with Crippen LogP contribution in [-0.4, -0.2) is 47.3 Å². The maximum absolute atomic E-state index is 11.6. The number of nitrogens with one attached hydrogen (secondary N) is 1. The second-order valence-corrected chi connectivity index (χ2v) is 5.30. The predicted molar refractivity (Wildman–Crippen MR) is 73.5 cm³/mol. The molecule has 3 rings (SSSR count). The van der Waals surface area contributed by atoms with Gasteiger partial charge in [0, 0.05) is 38.8 Å². The third kappa shape index (κ3) is 2.19. The number of carbonyl (C=O) groups is 1. The van der Waals surface area contributed by atoms with Gasteiger partial charge in [-0.1, -0.05) is 5.16 Å². The lowest BCUT2D eigenvalue weighted by molar-refractivity contribution is -0.114. The summed E-state index contributed by atoms with van der Waals surface area (Å²) in [5, 5.41) is 6.50. The first-order valence-electron chi connectivity index (χ1n) is 6.63. The summed E-state index contributed by atoms with van der Waals surface area (Å²) >= 11 is 0. The fraction of sp³-hybridized carbons (Fsp3) is 0.538. The first-order valence-corrected chi connectivity index (χ1v) is 6.63. The molecule has 106 valence electrons. The molecule has 1 spiro atoms. The highest BCUT2D eigenvalue weighted by Crippen LogP contribution is 2.35. The molecule has 0 radical (unpaired) electrons. The monoisotopic (exact) mass is 275 g/mol. The van der Waals surface area contributed by atoms with Crippen LogP contribution in [0, 0.1) is 6.92 Å². The van der Waals surface area contributed by atoms with Crippen molar-refractivity contribution in [1.82, 2.24) is 15.3 Å². The van der Waals surface area contributed by atoms with Crippen LogP contribution in [0.2, 0.25) is 0 Å². The zero-order valence-electron chi connectivity index (χ0n) is 11.6. The molecule has 1 aromatic heterocycles. The molecule has 1 aromatic rings. The van der Waals surface area contributed by atoms with E-state index in [0.717, 1.165) is 18.5 Å².